The Balaban J connectivity index is 1.39. The lowest BCUT2D eigenvalue weighted by molar-refractivity contribution is -0.122. The quantitative estimate of drug-likeness (QED) is 0.309. The molecule has 0 unspecified atom stereocenters. The Hall–Kier alpha value is -3.95. The van der Waals surface area contributed by atoms with Gasteiger partial charge in [-0.15, -0.1) is 0 Å². The second-order valence-electron chi connectivity index (χ2n) is 9.59. The SMILES string of the molecule is CCc1cccc(CNC[C@H](O)[C@@H](Cc2cc(F)cc(F)c2)NC(=O)CCN2C(=O)c3ccccc3C2=O)c1. The highest BCUT2D eigenvalue weighted by Crippen LogP contribution is 2.22. The van der Waals surface area contributed by atoms with Crippen molar-refractivity contribution in [1.29, 1.82) is 0 Å². The molecule has 0 aliphatic carbocycles. The number of halogens is 2. The minimum atomic E-state index is -1.09. The van der Waals surface area contributed by atoms with Crippen molar-refractivity contribution < 1.29 is 28.3 Å². The molecule has 0 saturated carbocycles. The first kappa shape index (κ1) is 28.1. The topological polar surface area (TPSA) is 98.7 Å². The largest absolute Gasteiger partial charge is 0.390 e. The molecule has 3 N–H and O–H groups in total. The van der Waals surface area contributed by atoms with Crippen LogP contribution >= 0.6 is 0 Å². The van der Waals surface area contributed by atoms with Crippen LogP contribution in [0.3, 0.4) is 0 Å². The molecule has 204 valence electrons. The van der Waals surface area contributed by atoms with Crippen LogP contribution in [0, 0.1) is 11.6 Å². The summed E-state index contributed by atoms with van der Waals surface area (Å²) in [5.74, 6) is -2.96. The van der Waals surface area contributed by atoms with Gasteiger partial charge in [0.05, 0.1) is 23.3 Å². The molecule has 9 heteroatoms. The molecule has 1 aliphatic heterocycles. The normalized spacial score (nSPS) is 14.3. The third kappa shape index (κ3) is 7.13. The number of hydrogen-bond acceptors (Lipinski definition) is 5. The van der Waals surface area contributed by atoms with Crippen LogP contribution in [-0.4, -0.2) is 53.0 Å². The molecule has 0 radical (unpaired) electrons. The van der Waals surface area contributed by atoms with E-state index >= 15 is 0 Å². The summed E-state index contributed by atoms with van der Waals surface area (Å²) >= 11 is 0. The Labute approximate surface area is 225 Å². The second kappa shape index (κ2) is 12.7. The molecule has 7 nitrogen and oxygen atoms in total. The first-order valence-corrected chi connectivity index (χ1v) is 12.9. The van der Waals surface area contributed by atoms with Gasteiger partial charge >= 0.3 is 0 Å². The third-order valence-electron chi connectivity index (χ3n) is 6.71. The van der Waals surface area contributed by atoms with Crippen molar-refractivity contribution in [2.45, 2.75) is 44.9 Å². The molecule has 0 aromatic heterocycles. The summed E-state index contributed by atoms with van der Waals surface area (Å²) in [6, 6.07) is 16.6. The highest BCUT2D eigenvalue weighted by atomic mass is 19.1. The zero-order chi connectivity index (χ0) is 27.9. The van der Waals surface area contributed by atoms with Crippen molar-refractivity contribution in [1.82, 2.24) is 15.5 Å². The van der Waals surface area contributed by atoms with Crippen LogP contribution in [0.2, 0.25) is 0 Å². The monoisotopic (exact) mass is 535 g/mol. The van der Waals surface area contributed by atoms with Gasteiger partial charge in [-0.1, -0.05) is 43.3 Å². The lowest BCUT2D eigenvalue weighted by Crippen LogP contribution is -2.49. The van der Waals surface area contributed by atoms with Crippen LogP contribution in [0.4, 0.5) is 8.78 Å². The number of aliphatic hydroxyl groups is 1. The molecule has 39 heavy (non-hydrogen) atoms. The fourth-order valence-corrected chi connectivity index (χ4v) is 4.67. The number of hydrogen-bond donors (Lipinski definition) is 3. The van der Waals surface area contributed by atoms with E-state index in [9.17, 15) is 28.3 Å². The van der Waals surface area contributed by atoms with Crippen molar-refractivity contribution in [2.75, 3.05) is 13.1 Å². The van der Waals surface area contributed by atoms with Crippen LogP contribution in [0.25, 0.3) is 0 Å². The van der Waals surface area contributed by atoms with E-state index in [2.05, 4.69) is 23.6 Å². The molecule has 0 bridgehead atoms. The van der Waals surface area contributed by atoms with Gasteiger partial charge in [-0.25, -0.2) is 8.78 Å². The fourth-order valence-electron chi connectivity index (χ4n) is 4.67. The Morgan fingerprint density at radius 1 is 0.897 bits per heavy atom. The maximum Gasteiger partial charge on any atom is 0.261 e. The van der Waals surface area contributed by atoms with Crippen LogP contribution in [0.5, 0.6) is 0 Å². The molecule has 1 aliphatic rings. The van der Waals surface area contributed by atoms with E-state index in [1.54, 1.807) is 24.3 Å². The van der Waals surface area contributed by atoms with Gasteiger partial charge < -0.3 is 15.7 Å². The summed E-state index contributed by atoms with van der Waals surface area (Å²) in [6.45, 7) is 2.52. The molecule has 1 heterocycles. The number of aryl methyl sites for hydroxylation is 1. The molecule has 2 atom stereocenters. The van der Waals surface area contributed by atoms with Gasteiger partial charge in [0.15, 0.2) is 0 Å². The Morgan fingerprint density at radius 2 is 1.54 bits per heavy atom. The third-order valence-corrected chi connectivity index (χ3v) is 6.71. The fraction of sp³-hybridized carbons (Fsp3) is 0.300. The van der Waals surface area contributed by atoms with E-state index in [4.69, 9.17) is 0 Å². The molecule has 3 aromatic rings. The van der Waals surface area contributed by atoms with E-state index < -0.39 is 41.5 Å². The first-order chi connectivity index (χ1) is 18.7. The van der Waals surface area contributed by atoms with E-state index in [1.165, 1.54) is 5.56 Å². The smallest absolute Gasteiger partial charge is 0.261 e. The van der Waals surface area contributed by atoms with Crippen molar-refractivity contribution in [3.63, 3.8) is 0 Å². The number of carbonyl (C=O) groups is 3. The van der Waals surface area contributed by atoms with E-state index in [-0.39, 0.29) is 31.5 Å². The van der Waals surface area contributed by atoms with Crippen LogP contribution in [0.1, 0.15) is 50.8 Å². The average molecular weight is 536 g/mol. The predicted octanol–water partition coefficient (Wildman–Crippen LogP) is 3.39. The van der Waals surface area contributed by atoms with Crippen molar-refractivity contribution >= 4 is 17.7 Å². The highest BCUT2D eigenvalue weighted by Gasteiger charge is 2.35. The van der Waals surface area contributed by atoms with Gasteiger partial charge in [0.1, 0.15) is 11.6 Å². The van der Waals surface area contributed by atoms with Gasteiger partial charge in [0, 0.05) is 32.1 Å². The number of fused-ring (bicyclic) bond motifs is 1. The van der Waals surface area contributed by atoms with E-state index in [0.717, 1.165) is 35.1 Å². The molecule has 0 fully saturated rings. The summed E-state index contributed by atoms with van der Waals surface area (Å²) < 4.78 is 27.6. The minimum Gasteiger partial charge on any atom is -0.390 e. The van der Waals surface area contributed by atoms with E-state index in [1.807, 2.05) is 18.2 Å². The van der Waals surface area contributed by atoms with Crippen molar-refractivity contribution in [2.24, 2.45) is 0 Å². The molecule has 0 spiro atoms. The lowest BCUT2D eigenvalue weighted by Gasteiger charge is -2.25. The number of rotatable bonds is 12. The van der Waals surface area contributed by atoms with Gasteiger partial charge in [0.2, 0.25) is 5.91 Å². The summed E-state index contributed by atoms with van der Waals surface area (Å²) in [4.78, 5) is 39.0. The van der Waals surface area contributed by atoms with Crippen LogP contribution in [0.15, 0.2) is 66.7 Å². The summed E-state index contributed by atoms with van der Waals surface area (Å²) in [7, 11) is 0. The molecule has 4 rings (SSSR count). The summed E-state index contributed by atoms with van der Waals surface area (Å²) in [5, 5.41) is 16.8. The Kier molecular flexibility index (Phi) is 9.16. The highest BCUT2D eigenvalue weighted by molar-refractivity contribution is 6.21. The number of aliphatic hydroxyl groups excluding tert-OH is 1. The second-order valence-corrected chi connectivity index (χ2v) is 9.59. The molecule has 3 amide bonds. The first-order valence-electron chi connectivity index (χ1n) is 12.9. The number of imide groups is 1. The minimum absolute atomic E-state index is 0.0262. The zero-order valence-electron chi connectivity index (χ0n) is 21.6. The van der Waals surface area contributed by atoms with Crippen LogP contribution in [-0.2, 0) is 24.2 Å². The molecule has 3 aromatic carbocycles. The lowest BCUT2D eigenvalue weighted by atomic mass is 10.00. The van der Waals surface area contributed by atoms with Gasteiger partial charge in [0.25, 0.3) is 11.8 Å². The van der Waals surface area contributed by atoms with Gasteiger partial charge in [-0.3, -0.25) is 19.3 Å². The standard InChI is InChI=1S/C30H31F2N3O4/c1-2-19-6-5-7-20(12-19)17-33-18-27(36)26(15-21-13-22(31)16-23(32)14-21)34-28(37)10-11-35-29(38)24-8-3-4-9-25(24)30(35)39/h3-9,12-14,16,26-27,33,36H,2,10-11,15,17-18H2,1H3,(H,34,37)/t26-,27+/m1/s1. The van der Waals surface area contributed by atoms with Crippen molar-refractivity contribution in [3.8, 4) is 0 Å². The number of carbonyl (C=O) groups excluding carboxylic acids is 3. The zero-order valence-corrected chi connectivity index (χ0v) is 21.6. The molecular formula is C30H31F2N3O4. The summed E-state index contributed by atoms with van der Waals surface area (Å²) in [6.07, 6.45) is -0.408. The van der Waals surface area contributed by atoms with Crippen molar-refractivity contribution in [3.05, 3.63) is 106 Å². The number of nitrogens with zero attached hydrogens (tertiary/aromatic N) is 1. The Morgan fingerprint density at radius 3 is 2.18 bits per heavy atom. The summed E-state index contributed by atoms with van der Waals surface area (Å²) in [5.41, 5.74) is 3.08. The number of benzene rings is 3. The Bertz CT molecular complexity index is 1310. The van der Waals surface area contributed by atoms with Gasteiger partial charge in [-0.2, -0.15) is 0 Å². The van der Waals surface area contributed by atoms with Crippen LogP contribution < -0.4 is 10.6 Å². The maximum absolute atomic E-state index is 13.8. The average Bonchev–Trinajstić information content (AvgIpc) is 3.15. The number of nitrogens with one attached hydrogen (secondary N) is 2. The molecule has 0 saturated heterocycles. The predicted molar refractivity (Wildman–Crippen MR) is 142 cm³/mol. The molecular weight excluding hydrogens is 504 g/mol. The number of amides is 3. The maximum atomic E-state index is 13.8. The van der Waals surface area contributed by atoms with Gasteiger partial charge in [-0.05, 0) is 53.8 Å². The van der Waals surface area contributed by atoms with E-state index in [0.29, 0.717) is 17.7 Å².